The summed E-state index contributed by atoms with van der Waals surface area (Å²) in [5.41, 5.74) is -0.00402. The molecule has 0 aliphatic carbocycles. The van der Waals surface area contributed by atoms with Gasteiger partial charge in [0.2, 0.25) is 0 Å². The summed E-state index contributed by atoms with van der Waals surface area (Å²) in [5.74, 6) is 0.929. The highest BCUT2D eigenvalue weighted by molar-refractivity contribution is 5.75. The number of allylic oxidation sites excluding steroid dienone is 1. The highest BCUT2D eigenvalue weighted by Gasteiger charge is 2.35. The van der Waals surface area contributed by atoms with Crippen LogP contribution in [0.4, 0.5) is 0 Å². The number of likely N-dealkylation sites (tertiary alicyclic amines) is 1. The molecule has 1 atom stereocenters. The van der Waals surface area contributed by atoms with Gasteiger partial charge in [-0.2, -0.15) is 0 Å². The van der Waals surface area contributed by atoms with Crippen LogP contribution in [-0.4, -0.2) is 43.5 Å². The second-order valence-electron chi connectivity index (χ2n) is 5.55. The zero-order valence-electron chi connectivity index (χ0n) is 11.9. The van der Waals surface area contributed by atoms with Gasteiger partial charge in [0.05, 0.1) is 0 Å². The Labute approximate surface area is 111 Å². The molecule has 0 saturated carbocycles. The molecule has 1 N–H and O–H groups in total. The van der Waals surface area contributed by atoms with Crippen LogP contribution in [-0.2, 0) is 0 Å². The van der Waals surface area contributed by atoms with Crippen LogP contribution in [0.2, 0.25) is 0 Å². The Hall–Kier alpha value is -0.670. The quantitative estimate of drug-likeness (QED) is 0.732. The van der Waals surface area contributed by atoms with Gasteiger partial charge in [0.15, 0.2) is 0 Å². The summed E-state index contributed by atoms with van der Waals surface area (Å²) in [5, 5.41) is 3.24. The van der Waals surface area contributed by atoms with Gasteiger partial charge in [-0.3, -0.25) is 9.89 Å². The average Bonchev–Trinajstić information content (AvgIpc) is 2.90. The topological polar surface area (TPSA) is 27.6 Å². The first-order chi connectivity index (χ1) is 8.80. The van der Waals surface area contributed by atoms with Gasteiger partial charge in [0, 0.05) is 19.3 Å². The molecule has 3 nitrogen and oxygen atoms in total. The fourth-order valence-corrected chi connectivity index (χ4v) is 3.21. The molecule has 1 fully saturated rings. The lowest BCUT2D eigenvalue weighted by molar-refractivity contribution is 0.0844. The van der Waals surface area contributed by atoms with E-state index in [2.05, 4.69) is 34.3 Å². The van der Waals surface area contributed by atoms with Crippen molar-refractivity contribution in [3.63, 3.8) is 0 Å². The molecule has 0 amide bonds. The van der Waals surface area contributed by atoms with Crippen molar-refractivity contribution in [2.75, 3.05) is 26.7 Å². The summed E-state index contributed by atoms with van der Waals surface area (Å²) in [4.78, 5) is 7.26. The van der Waals surface area contributed by atoms with Crippen molar-refractivity contribution in [1.29, 1.82) is 0 Å². The minimum atomic E-state index is -0.00402. The van der Waals surface area contributed by atoms with Gasteiger partial charge in [-0.15, -0.1) is 0 Å². The first-order valence-electron chi connectivity index (χ1n) is 7.43. The van der Waals surface area contributed by atoms with Crippen LogP contribution in [0.15, 0.2) is 17.1 Å². The van der Waals surface area contributed by atoms with Crippen LogP contribution < -0.4 is 5.32 Å². The monoisotopic (exact) mass is 249 g/mol. The number of hydrogen-bond donors (Lipinski definition) is 1. The molecule has 18 heavy (non-hydrogen) atoms. The lowest BCUT2D eigenvalue weighted by Gasteiger charge is -2.41. The summed E-state index contributed by atoms with van der Waals surface area (Å²) >= 11 is 0. The first kappa shape index (κ1) is 13.8. The lowest BCUT2D eigenvalue weighted by Crippen LogP contribution is -2.48. The van der Waals surface area contributed by atoms with Crippen LogP contribution in [0.1, 0.15) is 39.0 Å². The summed E-state index contributed by atoms with van der Waals surface area (Å²) < 4.78 is 0. The second kappa shape index (κ2) is 6.48. The van der Waals surface area contributed by atoms with Gasteiger partial charge in [0.1, 0.15) is 5.66 Å². The van der Waals surface area contributed by atoms with Crippen LogP contribution in [0.25, 0.3) is 0 Å². The van der Waals surface area contributed by atoms with Gasteiger partial charge in [-0.05, 0) is 63.8 Å². The zero-order chi connectivity index (χ0) is 12.8. The van der Waals surface area contributed by atoms with Crippen molar-refractivity contribution in [2.24, 2.45) is 10.9 Å². The summed E-state index contributed by atoms with van der Waals surface area (Å²) in [7, 11) is 2.04. The Kier molecular flexibility index (Phi) is 4.95. The average molecular weight is 249 g/mol. The largest absolute Gasteiger partial charge is 0.320 e. The number of nitrogens with zero attached hydrogens (tertiary/aromatic N) is 2. The predicted molar refractivity (Wildman–Crippen MR) is 78.1 cm³/mol. The maximum Gasteiger partial charge on any atom is 0.131 e. The van der Waals surface area contributed by atoms with E-state index in [-0.39, 0.29) is 5.66 Å². The Balaban J connectivity index is 1.79. The van der Waals surface area contributed by atoms with Crippen LogP contribution in [0.5, 0.6) is 0 Å². The Morgan fingerprint density at radius 3 is 2.72 bits per heavy atom. The second-order valence-corrected chi connectivity index (χ2v) is 5.55. The predicted octanol–water partition coefficient (Wildman–Crippen LogP) is 2.44. The van der Waals surface area contributed by atoms with Crippen molar-refractivity contribution in [3.05, 3.63) is 12.2 Å². The third-order valence-electron chi connectivity index (χ3n) is 4.47. The fraction of sp³-hybridized carbons (Fsp3) is 0.800. The molecule has 0 bridgehead atoms. The molecule has 0 radical (unpaired) electrons. The minimum absolute atomic E-state index is 0.00402. The summed E-state index contributed by atoms with van der Waals surface area (Å²) in [6, 6.07) is 0. The molecule has 2 aliphatic heterocycles. The standard InChI is InChI=1S/C15H27N3/c1-3-15(9-5-11-17-15)18-12-7-14(8-13-18)6-4-10-16-2/h5,9,11,14,16H,3-4,6-8,10,12-13H2,1-2H3. The van der Waals surface area contributed by atoms with Crippen molar-refractivity contribution in [2.45, 2.75) is 44.7 Å². The van der Waals surface area contributed by atoms with Gasteiger partial charge >= 0.3 is 0 Å². The molecule has 0 aromatic carbocycles. The van der Waals surface area contributed by atoms with Gasteiger partial charge in [-0.25, -0.2) is 0 Å². The van der Waals surface area contributed by atoms with E-state index in [4.69, 9.17) is 0 Å². The van der Waals surface area contributed by atoms with Gasteiger partial charge in [-0.1, -0.05) is 6.92 Å². The molecule has 2 heterocycles. The number of hydrogen-bond acceptors (Lipinski definition) is 3. The molecule has 0 aromatic rings. The molecule has 1 unspecified atom stereocenters. The van der Waals surface area contributed by atoms with E-state index in [1.54, 1.807) is 0 Å². The molecule has 2 rings (SSSR count). The summed E-state index contributed by atoms with van der Waals surface area (Å²) in [6.45, 7) is 5.82. The normalized spacial score (nSPS) is 29.2. The Morgan fingerprint density at radius 1 is 1.39 bits per heavy atom. The molecule has 0 aromatic heterocycles. The van der Waals surface area contributed by atoms with Crippen molar-refractivity contribution < 1.29 is 0 Å². The van der Waals surface area contributed by atoms with Crippen molar-refractivity contribution in [3.8, 4) is 0 Å². The highest BCUT2D eigenvalue weighted by Crippen LogP contribution is 2.32. The first-order valence-corrected chi connectivity index (χ1v) is 7.43. The third-order valence-corrected chi connectivity index (χ3v) is 4.47. The van der Waals surface area contributed by atoms with Crippen LogP contribution in [0, 0.1) is 5.92 Å². The third kappa shape index (κ3) is 3.01. The molecular formula is C15H27N3. The molecule has 102 valence electrons. The van der Waals surface area contributed by atoms with E-state index < -0.39 is 0 Å². The fourth-order valence-electron chi connectivity index (χ4n) is 3.21. The van der Waals surface area contributed by atoms with E-state index >= 15 is 0 Å². The highest BCUT2D eigenvalue weighted by atomic mass is 15.3. The Morgan fingerprint density at radius 2 is 2.17 bits per heavy atom. The molecule has 0 spiro atoms. The van der Waals surface area contributed by atoms with Crippen LogP contribution in [0.3, 0.4) is 0 Å². The van der Waals surface area contributed by atoms with E-state index in [1.165, 1.54) is 38.8 Å². The summed E-state index contributed by atoms with van der Waals surface area (Å²) in [6.07, 6.45) is 12.8. The molecule has 2 aliphatic rings. The maximum absolute atomic E-state index is 4.69. The SMILES string of the molecule is CCC1(N2CCC(CCCNC)CC2)C=CC=N1. The van der Waals surface area contributed by atoms with Gasteiger partial charge in [0.25, 0.3) is 0 Å². The number of rotatable bonds is 6. The number of nitrogens with one attached hydrogen (secondary N) is 1. The van der Waals surface area contributed by atoms with Crippen molar-refractivity contribution >= 4 is 6.21 Å². The smallest absolute Gasteiger partial charge is 0.131 e. The van der Waals surface area contributed by atoms with Crippen LogP contribution >= 0.6 is 0 Å². The van der Waals surface area contributed by atoms with Crippen molar-refractivity contribution in [1.82, 2.24) is 10.2 Å². The maximum atomic E-state index is 4.69. The zero-order valence-corrected chi connectivity index (χ0v) is 11.9. The van der Waals surface area contributed by atoms with E-state index in [1.807, 2.05) is 13.3 Å². The van der Waals surface area contributed by atoms with Gasteiger partial charge < -0.3 is 5.32 Å². The lowest BCUT2D eigenvalue weighted by atomic mass is 9.90. The van der Waals surface area contributed by atoms with E-state index in [0.29, 0.717) is 0 Å². The minimum Gasteiger partial charge on any atom is -0.320 e. The molecule has 3 heteroatoms. The number of piperidine rings is 1. The van der Waals surface area contributed by atoms with E-state index in [9.17, 15) is 0 Å². The van der Waals surface area contributed by atoms with E-state index in [0.717, 1.165) is 18.9 Å². The number of aliphatic imine (C=N–C) groups is 1. The molecular weight excluding hydrogens is 222 g/mol. The Bertz CT molecular complexity index is 289. The molecule has 1 saturated heterocycles.